The molecule has 1 heterocycles. The number of nitrogens with one attached hydrogen (secondary N) is 2. The lowest BCUT2D eigenvalue weighted by Gasteiger charge is -2.11. The summed E-state index contributed by atoms with van der Waals surface area (Å²) in [5, 5.41) is 10.3. The monoisotopic (exact) mass is 421 g/mol. The first-order valence-electron chi connectivity index (χ1n) is 8.05. The molecular formula is C17H15N3O6S2. The van der Waals surface area contributed by atoms with Crippen molar-refractivity contribution >= 4 is 39.1 Å². The Morgan fingerprint density at radius 1 is 1.14 bits per heavy atom. The van der Waals surface area contributed by atoms with E-state index in [4.69, 9.17) is 0 Å². The number of amides is 2. The number of nitro groups is 1. The van der Waals surface area contributed by atoms with Crippen molar-refractivity contribution in [2.45, 2.75) is 10.1 Å². The van der Waals surface area contributed by atoms with Gasteiger partial charge in [0.25, 0.3) is 11.6 Å². The summed E-state index contributed by atoms with van der Waals surface area (Å²) in [4.78, 5) is 34.0. The minimum atomic E-state index is -3.65. The summed E-state index contributed by atoms with van der Waals surface area (Å²) < 4.78 is 24.5. The molecule has 2 aromatic rings. The maximum absolute atomic E-state index is 12.3. The Balaban J connectivity index is 1.59. The normalized spacial score (nSPS) is 16.8. The highest BCUT2D eigenvalue weighted by molar-refractivity contribution is 8.02. The number of non-ortho nitro benzene ring substituents is 1. The maximum atomic E-state index is 12.3. The molecule has 0 unspecified atom stereocenters. The van der Waals surface area contributed by atoms with Gasteiger partial charge in [0.1, 0.15) is 0 Å². The van der Waals surface area contributed by atoms with Crippen molar-refractivity contribution in [3.63, 3.8) is 0 Å². The zero-order valence-electron chi connectivity index (χ0n) is 14.3. The van der Waals surface area contributed by atoms with Crippen molar-refractivity contribution in [1.29, 1.82) is 0 Å². The Morgan fingerprint density at radius 3 is 2.54 bits per heavy atom. The van der Waals surface area contributed by atoms with Gasteiger partial charge in [0, 0.05) is 22.9 Å². The van der Waals surface area contributed by atoms with Crippen LogP contribution in [0.25, 0.3) is 0 Å². The van der Waals surface area contributed by atoms with Crippen LogP contribution in [0.4, 0.5) is 5.69 Å². The predicted molar refractivity (Wildman–Crippen MR) is 102 cm³/mol. The molecule has 1 atom stereocenters. The molecular weight excluding hydrogens is 406 g/mol. The lowest BCUT2D eigenvalue weighted by Crippen LogP contribution is -2.42. The van der Waals surface area contributed by atoms with E-state index in [0.29, 0.717) is 11.1 Å². The molecule has 0 fully saturated rings. The van der Waals surface area contributed by atoms with Crippen LogP contribution in [0.1, 0.15) is 21.2 Å². The molecule has 2 aromatic carbocycles. The van der Waals surface area contributed by atoms with Gasteiger partial charge in [-0.2, -0.15) is 0 Å². The highest BCUT2D eigenvalue weighted by Crippen LogP contribution is 2.42. The van der Waals surface area contributed by atoms with E-state index in [0.717, 1.165) is 17.8 Å². The molecule has 0 radical (unpaired) electrons. The molecule has 0 aromatic heterocycles. The second-order valence-electron chi connectivity index (χ2n) is 5.93. The average molecular weight is 421 g/mol. The van der Waals surface area contributed by atoms with Gasteiger partial charge in [-0.3, -0.25) is 30.6 Å². The summed E-state index contributed by atoms with van der Waals surface area (Å²) >= 11 is 1.09. The van der Waals surface area contributed by atoms with Crippen LogP contribution in [0.2, 0.25) is 0 Å². The number of hydrogen-bond acceptors (Lipinski definition) is 7. The molecule has 1 aliphatic heterocycles. The van der Waals surface area contributed by atoms with E-state index in [1.807, 2.05) is 0 Å². The number of nitrogens with zero attached hydrogens (tertiary/aromatic N) is 1. The first-order valence-corrected chi connectivity index (χ1v) is 10.7. The second-order valence-corrected chi connectivity index (χ2v) is 9.12. The molecule has 28 heavy (non-hydrogen) atoms. The number of carbonyl (C=O) groups is 2. The lowest BCUT2D eigenvalue weighted by molar-refractivity contribution is -0.385. The van der Waals surface area contributed by atoms with Gasteiger partial charge in [0.15, 0.2) is 9.84 Å². The van der Waals surface area contributed by atoms with Crippen molar-refractivity contribution in [2.75, 3.05) is 11.5 Å². The fraction of sp³-hybridized carbons (Fsp3) is 0.176. The van der Waals surface area contributed by atoms with Crippen LogP contribution in [0.3, 0.4) is 0 Å². The zero-order valence-corrected chi connectivity index (χ0v) is 16.0. The highest BCUT2D eigenvalue weighted by Gasteiger charge is 2.36. The van der Waals surface area contributed by atoms with Crippen LogP contribution in [0.15, 0.2) is 53.4 Å². The van der Waals surface area contributed by atoms with E-state index in [1.54, 1.807) is 30.3 Å². The number of carbonyl (C=O) groups excluding carboxylic acids is 2. The molecule has 11 heteroatoms. The molecule has 0 saturated carbocycles. The van der Waals surface area contributed by atoms with Gasteiger partial charge in [-0.1, -0.05) is 18.2 Å². The minimum Gasteiger partial charge on any atom is -0.272 e. The third kappa shape index (κ3) is 4.31. The molecule has 0 spiro atoms. The van der Waals surface area contributed by atoms with E-state index in [-0.39, 0.29) is 22.1 Å². The number of fused-ring (bicyclic) bond motifs is 1. The van der Waals surface area contributed by atoms with Crippen LogP contribution in [0.5, 0.6) is 0 Å². The molecule has 0 bridgehead atoms. The number of nitro benzene ring substituents is 1. The second kappa shape index (κ2) is 7.98. The van der Waals surface area contributed by atoms with Crippen LogP contribution < -0.4 is 10.9 Å². The van der Waals surface area contributed by atoms with E-state index in [2.05, 4.69) is 10.9 Å². The quantitative estimate of drug-likeness (QED) is 0.553. The van der Waals surface area contributed by atoms with Crippen LogP contribution in [-0.4, -0.2) is 36.7 Å². The Bertz CT molecular complexity index is 1040. The smallest absolute Gasteiger partial charge is 0.270 e. The van der Waals surface area contributed by atoms with Crippen molar-refractivity contribution in [1.82, 2.24) is 10.9 Å². The Hall–Kier alpha value is -2.92. The molecule has 2 N–H and O–H groups in total. The average Bonchev–Trinajstić information content (AvgIpc) is 2.95. The van der Waals surface area contributed by atoms with E-state index in [9.17, 15) is 28.1 Å². The first kappa shape index (κ1) is 19.8. The number of hydrogen-bond donors (Lipinski definition) is 2. The van der Waals surface area contributed by atoms with Crippen LogP contribution in [-0.2, 0) is 14.6 Å². The number of benzene rings is 2. The predicted octanol–water partition coefficient (Wildman–Crippen LogP) is 1.62. The van der Waals surface area contributed by atoms with Gasteiger partial charge in [0.2, 0.25) is 5.91 Å². The van der Waals surface area contributed by atoms with Gasteiger partial charge in [-0.25, -0.2) is 8.42 Å². The van der Waals surface area contributed by atoms with Gasteiger partial charge in [-0.05, 0) is 23.8 Å². The van der Waals surface area contributed by atoms with Crippen LogP contribution >= 0.6 is 11.8 Å². The number of sulfone groups is 1. The molecule has 0 aliphatic carbocycles. The summed E-state index contributed by atoms with van der Waals surface area (Å²) in [6, 6.07) is 12.0. The summed E-state index contributed by atoms with van der Waals surface area (Å²) in [7, 11) is -3.65. The SMILES string of the molecule is O=C(CS[C@H]1CS(=O)(=O)c2cc([N+](=O)[O-])ccc21)NNC(=O)c1ccccc1. The van der Waals surface area contributed by atoms with Gasteiger partial charge in [0.05, 0.1) is 21.3 Å². The van der Waals surface area contributed by atoms with E-state index >= 15 is 0 Å². The minimum absolute atomic E-state index is 0.0722. The van der Waals surface area contributed by atoms with Gasteiger partial charge >= 0.3 is 0 Å². The van der Waals surface area contributed by atoms with Crippen molar-refractivity contribution in [3.8, 4) is 0 Å². The summed E-state index contributed by atoms with van der Waals surface area (Å²) in [5.74, 6) is -1.30. The zero-order chi connectivity index (χ0) is 20.3. The van der Waals surface area contributed by atoms with Crippen molar-refractivity contribution < 1.29 is 22.9 Å². The summed E-state index contributed by atoms with van der Waals surface area (Å²) in [6.45, 7) is 0. The third-order valence-electron chi connectivity index (χ3n) is 4.03. The number of hydrazine groups is 1. The molecule has 2 amide bonds. The third-order valence-corrected chi connectivity index (χ3v) is 7.29. The first-order chi connectivity index (χ1) is 13.3. The fourth-order valence-electron chi connectivity index (χ4n) is 2.69. The van der Waals surface area contributed by atoms with Gasteiger partial charge < -0.3 is 0 Å². The summed E-state index contributed by atoms with van der Waals surface area (Å²) in [5.41, 5.74) is 5.09. The highest BCUT2D eigenvalue weighted by atomic mass is 32.2. The molecule has 146 valence electrons. The summed E-state index contributed by atoms with van der Waals surface area (Å²) in [6.07, 6.45) is 0. The van der Waals surface area contributed by atoms with Crippen LogP contribution in [0, 0.1) is 10.1 Å². The Morgan fingerprint density at radius 2 is 1.86 bits per heavy atom. The Kier molecular flexibility index (Phi) is 5.66. The van der Waals surface area contributed by atoms with E-state index in [1.165, 1.54) is 12.1 Å². The van der Waals surface area contributed by atoms with Gasteiger partial charge in [-0.15, -0.1) is 11.8 Å². The molecule has 9 nitrogen and oxygen atoms in total. The van der Waals surface area contributed by atoms with Crippen molar-refractivity contribution in [2.24, 2.45) is 0 Å². The molecule has 1 aliphatic rings. The topological polar surface area (TPSA) is 135 Å². The number of rotatable bonds is 5. The van der Waals surface area contributed by atoms with Crippen molar-refractivity contribution in [3.05, 3.63) is 69.8 Å². The lowest BCUT2D eigenvalue weighted by atomic mass is 10.1. The maximum Gasteiger partial charge on any atom is 0.270 e. The fourth-order valence-corrected chi connectivity index (χ4v) is 6.12. The number of thioether (sulfide) groups is 1. The largest absolute Gasteiger partial charge is 0.272 e. The molecule has 3 rings (SSSR count). The standard InChI is InChI=1S/C17H15N3O6S2/c21-16(18-19-17(22)11-4-2-1-3-5-11)9-27-14-10-28(25,26)15-8-12(20(23)24)6-7-13(14)15/h1-8,14H,9-10H2,(H,18,21)(H,19,22)/t14-/m0/s1. The molecule has 0 saturated heterocycles. The van der Waals surface area contributed by atoms with E-state index < -0.39 is 31.8 Å². The Labute approximate surface area is 164 Å².